The Hall–Kier alpha value is -1.38. The lowest BCUT2D eigenvalue weighted by Crippen LogP contribution is -2.35. The molecule has 5 heteroatoms. The van der Waals surface area contributed by atoms with Crippen LogP contribution in [0.4, 0.5) is 0 Å². The predicted molar refractivity (Wildman–Crippen MR) is 188 cm³/mol. The first kappa shape index (κ1) is 42.6. The van der Waals surface area contributed by atoms with E-state index in [1.165, 1.54) is 128 Å². The van der Waals surface area contributed by atoms with Crippen molar-refractivity contribution in [2.45, 2.75) is 187 Å². The zero-order valence-electron chi connectivity index (χ0n) is 29.5. The van der Waals surface area contributed by atoms with Gasteiger partial charge in [-0.3, -0.25) is 9.59 Å². The van der Waals surface area contributed by atoms with Gasteiger partial charge >= 0.3 is 0 Å². The number of hydrogen-bond donors (Lipinski definition) is 0. The molecular formula is C39H73NO4. The van der Waals surface area contributed by atoms with Crippen LogP contribution < -0.4 is 0 Å². The molecule has 0 unspecified atom stereocenters. The molecular weight excluding hydrogens is 546 g/mol. The van der Waals surface area contributed by atoms with Crippen LogP contribution in [0.1, 0.15) is 187 Å². The molecule has 0 aliphatic rings. The van der Waals surface area contributed by atoms with Gasteiger partial charge in [-0.1, -0.05) is 149 Å². The van der Waals surface area contributed by atoms with Crippen molar-refractivity contribution < 1.29 is 19.1 Å². The second-order valence-electron chi connectivity index (χ2n) is 12.8. The summed E-state index contributed by atoms with van der Waals surface area (Å²) in [4.78, 5) is 26.8. The lowest BCUT2D eigenvalue weighted by molar-refractivity contribution is -0.132. The summed E-state index contributed by atoms with van der Waals surface area (Å²) in [5.41, 5.74) is 0. The maximum absolute atomic E-state index is 13.1. The third kappa shape index (κ3) is 32.0. The molecule has 0 heterocycles. The Morgan fingerprint density at radius 1 is 0.500 bits per heavy atom. The Bertz CT molecular complexity index is 659. The number of nitrogens with zero attached hydrogens (tertiary/aromatic N) is 1. The summed E-state index contributed by atoms with van der Waals surface area (Å²) < 4.78 is 11.3. The highest BCUT2D eigenvalue weighted by molar-refractivity contribution is 5.78. The highest BCUT2D eigenvalue weighted by Crippen LogP contribution is 2.14. The average molecular weight is 620 g/mol. The molecule has 0 aromatic rings. The lowest BCUT2D eigenvalue weighted by Gasteiger charge is -2.23. The molecule has 0 spiro atoms. The first-order chi connectivity index (χ1) is 21.7. The molecule has 0 fully saturated rings. The van der Waals surface area contributed by atoms with Gasteiger partial charge in [0.2, 0.25) is 5.91 Å². The Balaban J connectivity index is 4.13. The van der Waals surface area contributed by atoms with Crippen molar-refractivity contribution in [1.29, 1.82) is 0 Å². The van der Waals surface area contributed by atoms with Crippen LogP contribution in [0.5, 0.6) is 0 Å². The van der Waals surface area contributed by atoms with Gasteiger partial charge in [0, 0.05) is 38.8 Å². The molecule has 44 heavy (non-hydrogen) atoms. The van der Waals surface area contributed by atoms with Crippen LogP contribution in [-0.4, -0.2) is 56.1 Å². The fourth-order valence-electron chi connectivity index (χ4n) is 5.62. The fraction of sp³-hybridized carbons (Fsp3) is 0.897. The van der Waals surface area contributed by atoms with E-state index >= 15 is 0 Å². The number of hydrogen-bond acceptors (Lipinski definition) is 4. The summed E-state index contributed by atoms with van der Waals surface area (Å²) in [5.74, 6) is 2.93. The number of amides is 1. The van der Waals surface area contributed by atoms with E-state index < -0.39 is 0 Å². The summed E-state index contributed by atoms with van der Waals surface area (Å²) >= 11 is 0. The number of carbonyl (C=O) groups is 2. The molecule has 5 nitrogen and oxygen atoms in total. The quantitative estimate of drug-likeness (QED) is 0.0517. The first-order valence-corrected chi connectivity index (χ1v) is 19.0. The number of rotatable bonds is 36. The van der Waals surface area contributed by atoms with E-state index in [2.05, 4.69) is 19.8 Å². The van der Waals surface area contributed by atoms with Crippen molar-refractivity contribution in [2.24, 2.45) is 0 Å². The molecule has 258 valence electrons. The molecule has 0 radical (unpaired) electrons. The molecule has 0 saturated carbocycles. The molecule has 0 atom stereocenters. The van der Waals surface area contributed by atoms with Gasteiger partial charge in [-0.25, -0.2) is 0 Å². The van der Waals surface area contributed by atoms with E-state index in [0.717, 1.165) is 25.8 Å². The average Bonchev–Trinajstić information content (AvgIpc) is 3.03. The lowest BCUT2D eigenvalue weighted by atomic mass is 10.0. The molecule has 0 N–H and O–H groups in total. The van der Waals surface area contributed by atoms with E-state index in [9.17, 15) is 9.59 Å². The van der Waals surface area contributed by atoms with E-state index in [-0.39, 0.29) is 11.7 Å². The zero-order valence-corrected chi connectivity index (χ0v) is 29.5. The normalized spacial score (nSPS) is 11.1. The van der Waals surface area contributed by atoms with Crippen molar-refractivity contribution in [2.75, 3.05) is 39.5 Å². The number of carbonyl (C=O) groups excluding carboxylic acids is 2. The predicted octanol–water partition coefficient (Wildman–Crippen LogP) is 10.6. The van der Waals surface area contributed by atoms with E-state index in [1.807, 2.05) is 4.90 Å². The second kappa shape index (κ2) is 36.1. The zero-order chi connectivity index (χ0) is 32.2. The van der Waals surface area contributed by atoms with Crippen molar-refractivity contribution in [3.63, 3.8) is 0 Å². The van der Waals surface area contributed by atoms with Gasteiger partial charge < -0.3 is 14.4 Å². The first-order valence-electron chi connectivity index (χ1n) is 19.0. The summed E-state index contributed by atoms with van der Waals surface area (Å²) in [7, 11) is 0. The van der Waals surface area contributed by atoms with E-state index in [0.29, 0.717) is 58.7 Å². The molecule has 1 amide bonds. The van der Waals surface area contributed by atoms with Crippen LogP contribution in [0.2, 0.25) is 0 Å². The smallest absolute Gasteiger partial charge is 0.222 e. The van der Waals surface area contributed by atoms with Crippen molar-refractivity contribution >= 4 is 11.7 Å². The summed E-state index contributed by atoms with van der Waals surface area (Å²) in [6.07, 6.45) is 37.4. The second-order valence-corrected chi connectivity index (χ2v) is 12.8. The largest absolute Gasteiger partial charge is 0.379 e. The number of terminal acetylenes is 1. The third-order valence-electron chi connectivity index (χ3n) is 8.58. The highest BCUT2D eigenvalue weighted by atomic mass is 16.5. The fourth-order valence-corrected chi connectivity index (χ4v) is 5.62. The van der Waals surface area contributed by atoms with Crippen LogP contribution >= 0.6 is 0 Å². The summed E-state index contributed by atoms with van der Waals surface area (Å²) in [6.45, 7) is 7.94. The summed E-state index contributed by atoms with van der Waals surface area (Å²) in [6, 6.07) is 0. The van der Waals surface area contributed by atoms with Crippen LogP contribution in [0.15, 0.2) is 0 Å². The topological polar surface area (TPSA) is 55.8 Å². The minimum atomic E-state index is 0.147. The van der Waals surface area contributed by atoms with Crippen molar-refractivity contribution in [1.82, 2.24) is 4.90 Å². The van der Waals surface area contributed by atoms with Crippen LogP contribution in [0.3, 0.4) is 0 Å². The number of ether oxygens (including phenoxy) is 2. The standard InChI is InChI=1S/C39H73NO4/c1-4-7-10-12-14-16-18-20-22-24-26-28-32-40(33-35-44-37-36-43-34-31-38(41)29-9-6-3)39(42)30-27-25-23-21-19-17-15-13-11-8-5-2/h3H,4-5,7-37H2,1-2H3. The maximum Gasteiger partial charge on any atom is 0.222 e. The van der Waals surface area contributed by atoms with Gasteiger partial charge in [-0.2, -0.15) is 0 Å². The van der Waals surface area contributed by atoms with Gasteiger partial charge in [0.25, 0.3) is 0 Å². The Kier molecular flexibility index (Phi) is 35.0. The van der Waals surface area contributed by atoms with Gasteiger partial charge in [0.05, 0.1) is 26.4 Å². The monoisotopic (exact) mass is 620 g/mol. The maximum atomic E-state index is 13.1. The van der Waals surface area contributed by atoms with Crippen molar-refractivity contribution in [3.8, 4) is 12.3 Å². The molecule has 0 rings (SSSR count). The third-order valence-corrected chi connectivity index (χ3v) is 8.58. The Morgan fingerprint density at radius 2 is 0.932 bits per heavy atom. The number of Topliss-reactive ketones (excluding diaryl/α,β-unsaturated/α-hetero) is 1. The van der Waals surface area contributed by atoms with Crippen LogP contribution in [0, 0.1) is 12.3 Å². The minimum absolute atomic E-state index is 0.147. The molecule has 0 aliphatic heterocycles. The van der Waals surface area contributed by atoms with Crippen LogP contribution in [0.25, 0.3) is 0 Å². The molecule has 0 aromatic heterocycles. The molecule has 0 saturated heterocycles. The van der Waals surface area contributed by atoms with Gasteiger partial charge in [-0.05, 0) is 12.8 Å². The highest BCUT2D eigenvalue weighted by Gasteiger charge is 2.13. The van der Waals surface area contributed by atoms with Gasteiger partial charge in [0.1, 0.15) is 5.78 Å². The number of unbranched alkanes of at least 4 members (excludes halogenated alkanes) is 21. The minimum Gasteiger partial charge on any atom is -0.379 e. The van der Waals surface area contributed by atoms with Gasteiger partial charge in [0.15, 0.2) is 0 Å². The number of ketones is 1. The molecule has 0 aromatic carbocycles. The van der Waals surface area contributed by atoms with Crippen LogP contribution in [-0.2, 0) is 19.1 Å². The van der Waals surface area contributed by atoms with Gasteiger partial charge in [-0.15, -0.1) is 12.3 Å². The molecule has 0 bridgehead atoms. The van der Waals surface area contributed by atoms with E-state index in [1.54, 1.807) is 0 Å². The molecule has 0 aliphatic carbocycles. The SMILES string of the molecule is C#CCCC(=O)CCOCCOCCN(CCCCCCCCCCCCCC)C(=O)CCCCCCCCCCCCC. The van der Waals surface area contributed by atoms with E-state index in [4.69, 9.17) is 15.9 Å². The van der Waals surface area contributed by atoms with Crippen molar-refractivity contribution in [3.05, 3.63) is 0 Å². The Labute approximate surface area is 274 Å². The summed E-state index contributed by atoms with van der Waals surface area (Å²) in [5, 5.41) is 0. The Morgan fingerprint density at radius 3 is 1.41 bits per heavy atom.